The lowest BCUT2D eigenvalue weighted by molar-refractivity contribution is 0.101. The fraction of sp³-hybridized carbons (Fsp3) is 0.188. The third kappa shape index (κ3) is 2.76. The third-order valence-corrected chi connectivity index (χ3v) is 3.06. The van der Waals surface area contributed by atoms with Crippen LogP contribution in [0.15, 0.2) is 48.5 Å². The number of ketones is 1. The van der Waals surface area contributed by atoms with Gasteiger partial charge in [-0.05, 0) is 38.1 Å². The molecular weight excluding hydrogens is 238 g/mol. The minimum atomic E-state index is -0.133. The number of Topliss-reactive ketones (excluding diaryl/α,β-unsaturated/α-hetero) is 1. The van der Waals surface area contributed by atoms with Gasteiger partial charge >= 0.3 is 0 Å². The van der Waals surface area contributed by atoms with Crippen molar-refractivity contribution in [1.29, 1.82) is 0 Å². The summed E-state index contributed by atoms with van der Waals surface area (Å²) in [6.45, 7) is 4.27. The first-order valence-corrected chi connectivity index (χ1v) is 6.30. The van der Waals surface area contributed by atoms with E-state index >= 15 is 0 Å². The summed E-state index contributed by atoms with van der Waals surface area (Å²) >= 11 is 0. The number of carbonyl (C=O) groups is 1. The Kier molecular flexibility index (Phi) is 3.85. The maximum Gasteiger partial charge on any atom is 0.163 e. The van der Waals surface area contributed by atoms with E-state index in [9.17, 15) is 9.90 Å². The number of anilines is 2. The lowest BCUT2D eigenvalue weighted by Crippen LogP contribution is -2.15. The normalized spacial score (nSPS) is 10.2. The van der Waals surface area contributed by atoms with Crippen LogP contribution in [0.4, 0.5) is 11.4 Å². The summed E-state index contributed by atoms with van der Waals surface area (Å²) in [5, 5.41) is 9.91. The van der Waals surface area contributed by atoms with Crippen molar-refractivity contribution in [2.45, 2.75) is 13.8 Å². The molecule has 0 bridgehead atoms. The molecule has 19 heavy (non-hydrogen) atoms. The van der Waals surface area contributed by atoms with E-state index in [1.807, 2.05) is 43.3 Å². The minimum Gasteiger partial charge on any atom is -0.507 e. The van der Waals surface area contributed by atoms with Crippen LogP contribution in [-0.4, -0.2) is 17.4 Å². The summed E-state index contributed by atoms with van der Waals surface area (Å²) in [4.78, 5) is 13.4. The number of nitrogens with zero attached hydrogens (tertiary/aromatic N) is 1. The van der Waals surface area contributed by atoms with Gasteiger partial charge in [0.1, 0.15) is 5.75 Å². The molecule has 3 heteroatoms. The van der Waals surface area contributed by atoms with Gasteiger partial charge in [0.15, 0.2) is 5.78 Å². The summed E-state index contributed by atoms with van der Waals surface area (Å²) in [7, 11) is 0. The van der Waals surface area contributed by atoms with E-state index in [-0.39, 0.29) is 11.5 Å². The number of rotatable bonds is 4. The molecule has 98 valence electrons. The Hall–Kier alpha value is -2.29. The van der Waals surface area contributed by atoms with Crippen molar-refractivity contribution < 1.29 is 9.90 Å². The molecule has 0 unspecified atom stereocenters. The first-order valence-electron chi connectivity index (χ1n) is 6.30. The van der Waals surface area contributed by atoms with Crippen molar-refractivity contribution in [3.8, 4) is 5.75 Å². The Labute approximate surface area is 113 Å². The molecule has 0 aliphatic carbocycles. The Bertz CT molecular complexity index is 579. The SMILES string of the molecule is CCN(c1ccccc1)c1ccc(C(C)=O)c(O)c1. The fourth-order valence-electron chi connectivity index (χ4n) is 2.11. The monoisotopic (exact) mass is 255 g/mol. The number of hydrogen-bond donors (Lipinski definition) is 1. The number of phenolic OH excluding ortho intramolecular Hbond substituents is 1. The molecule has 2 aromatic rings. The highest BCUT2D eigenvalue weighted by Crippen LogP contribution is 2.29. The van der Waals surface area contributed by atoms with Gasteiger partial charge in [-0.25, -0.2) is 0 Å². The number of phenols is 1. The van der Waals surface area contributed by atoms with Gasteiger partial charge in [-0.1, -0.05) is 18.2 Å². The van der Waals surface area contributed by atoms with Crippen LogP contribution in [0.5, 0.6) is 5.75 Å². The molecule has 0 saturated heterocycles. The van der Waals surface area contributed by atoms with Gasteiger partial charge in [-0.2, -0.15) is 0 Å². The highest BCUT2D eigenvalue weighted by molar-refractivity contribution is 5.97. The van der Waals surface area contributed by atoms with Crippen molar-refractivity contribution in [1.82, 2.24) is 0 Å². The lowest BCUT2D eigenvalue weighted by Gasteiger charge is -2.23. The minimum absolute atomic E-state index is 0.0272. The second-order valence-corrected chi connectivity index (χ2v) is 4.34. The van der Waals surface area contributed by atoms with E-state index in [1.54, 1.807) is 12.1 Å². The van der Waals surface area contributed by atoms with Crippen LogP contribution in [0.1, 0.15) is 24.2 Å². The zero-order chi connectivity index (χ0) is 13.8. The highest BCUT2D eigenvalue weighted by atomic mass is 16.3. The summed E-state index contributed by atoms with van der Waals surface area (Å²) < 4.78 is 0. The zero-order valence-corrected chi connectivity index (χ0v) is 11.1. The van der Waals surface area contributed by atoms with E-state index in [0.717, 1.165) is 17.9 Å². The predicted octanol–water partition coefficient (Wildman–Crippen LogP) is 3.75. The molecule has 0 aliphatic rings. The van der Waals surface area contributed by atoms with E-state index in [1.165, 1.54) is 6.92 Å². The first kappa shape index (κ1) is 13.1. The second-order valence-electron chi connectivity index (χ2n) is 4.34. The summed E-state index contributed by atoms with van der Waals surface area (Å²) in [6, 6.07) is 15.1. The third-order valence-electron chi connectivity index (χ3n) is 3.06. The van der Waals surface area contributed by atoms with Crippen LogP contribution in [0.3, 0.4) is 0 Å². The van der Waals surface area contributed by atoms with Crippen molar-refractivity contribution in [2.24, 2.45) is 0 Å². The quantitative estimate of drug-likeness (QED) is 0.846. The van der Waals surface area contributed by atoms with Crippen molar-refractivity contribution >= 4 is 17.2 Å². The summed E-state index contributed by atoms with van der Waals surface area (Å²) in [5.41, 5.74) is 2.28. The number of benzene rings is 2. The molecule has 0 atom stereocenters. The molecule has 0 aromatic heterocycles. The molecule has 0 amide bonds. The van der Waals surface area contributed by atoms with Crippen molar-refractivity contribution in [3.63, 3.8) is 0 Å². The van der Waals surface area contributed by atoms with Gasteiger partial charge in [0.05, 0.1) is 5.56 Å². The van der Waals surface area contributed by atoms with Crippen LogP contribution >= 0.6 is 0 Å². The van der Waals surface area contributed by atoms with Gasteiger partial charge in [0.2, 0.25) is 0 Å². The molecule has 0 heterocycles. The fourth-order valence-corrected chi connectivity index (χ4v) is 2.11. The molecule has 2 rings (SSSR count). The van der Waals surface area contributed by atoms with Gasteiger partial charge < -0.3 is 10.0 Å². The molecule has 3 nitrogen and oxygen atoms in total. The van der Waals surface area contributed by atoms with Crippen molar-refractivity contribution in [3.05, 3.63) is 54.1 Å². The molecule has 1 N–H and O–H groups in total. The molecular formula is C16H17NO2. The van der Waals surface area contributed by atoms with Gasteiger partial charge in [0, 0.05) is 24.0 Å². The molecule has 2 aromatic carbocycles. The maximum absolute atomic E-state index is 11.3. The van der Waals surface area contributed by atoms with E-state index in [2.05, 4.69) is 4.90 Å². The predicted molar refractivity (Wildman–Crippen MR) is 77.2 cm³/mol. The number of para-hydroxylation sites is 1. The van der Waals surface area contributed by atoms with Crippen LogP contribution in [0.25, 0.3) is 0 Å². The topological polar surface area (TPSA) is 40.5 Å². The standard InChI is InChI=1S/C16H17NO2/c1-3-17(13-7-5-4-6-8-13)14-9-10-15(12(2)18)16(19)11-14/h4-11,19H,3H2,1-2H3. The van der Waals surface area contributed by atoms with Crippen LogP contribution < -0.4 is 4.90 Å². The number of aromatic hydroxyl groups is 1. The summed E-state index contributed by atoms with van der Waals surface area (Å²) in [5.74, 6) is -0.105. The highest BCUT2D eigenvalue weighted by Gasteiger charge is 2.11. The Balaban J connectivity index is 2.40. The number of carbonyl (C=O) groups excluding carboxylic acids is 1. The van der Waals surface area contributed by atoms with Crippen molar-refractivity contribution in [2.75, 3.05) is 11.4 Å². The molecule has 0 saturated carbocycles. The molecule has 0 radical (unpaired) electrons. The molecule has 0 aliphatic heterocycles. The van der Waals surface area contributed by atoms with Crippen LogP contribution in [0, 0.1) is 0 Å². The van der Waals surface area contributed by atoms with Crippen LogP contribution in [0.2, 0.25) is 0 Å². The Morgan fingerprint density at radius 1 is 1.11 bits per heavy atom. The number of hydrogen-bond acceptors (Lipinski definition) is 3. The molecule has 0 fully saturated rings. The Morgan fingerprint density at radius 3 is 2.32 bits per heavy atom. The lowest BCUT2D eigenvalue weighted by atomic mass is 10.1. The average Bonchev–Trinajstić information content (AvgIpc) is 2.40. The van der Waals surface area contributed by atoms with E-state index in [4.69, 9.17) is 0 Å². The maximum atomic E-state index is 11.3. The van der Waals surface area contributed by atoms with Gasteiger partial charge in [-0.15, -0.1) is 0 Å². The van der Waals surface area contributed by atoms with E-state index in [0.29, 0.717) is 5.56 Å². The first-order chi connectivity index (χ1) is 9.13. The second kappa shape index (κ2) is 5.57. The molecule has 0 spiro atoms. The van der Waals surface area contributed by atoms with Gasteiger partial charge in [0.25, 0.3) is 0 Å². The largest absolute Gasteiger partial charge is 0.507 e. The zero-order valence-electron chi connectivity index (χ0n) is 11.1. The average molecular weight is 255 g/mol. The van der Waals surface area contributed by atoms with E-state index < -0.39 is 0 Å². The smallest absolute Gasteiger partial charge is 0.163 e. The van der Waals surface area contributed by atoms with Crippen LogP contribution in [-0.2, 0) is 0 Å². The Morgan fingerprint density at radius 2 is 1.79 bits per heavy atom. The van der Waals surface area contributed by atoms with Gasteiger partial charge in [-0.3, -0.25) is 4.79 Å². The summed E-state index contributed by atoms with van der Waals surface area (Å²) in [6.07, 6.45) is 0.